The molecule has 3 aliphatic heterocycles. The lowest BCUT2D eigenvalue weighted by atomic mass is 9.76. The normalized spacial score (nSPS) is 28.2. The van der Waals surface area contributed by atoms with E-state index in [9.17, 15) is 14.4 Å². The van der Waals surface area contributed by atoms with Gasteiger partial charge in [-0.2, -0.15) is 0 Å². The predicted molar refractivity (Wildman–Crippen MR) is 129 cm³/mol. The minimum Gasteiger partial charge on any atom is -0.361 e. The van der Waals surface area contributed by atoms with Gasteiger partial charge in [0.1, 0.15) is 5.54 Å². The van der Waals surface area contributed by atoms with Crippen LogP contribution in [0.3, 0.4) is 0 Å². The number of rotatable bonds is 2. The van der Waals surface area contributed by atoms with Gasteiger partial charge in [-0.3, -0.25) is 24.6 Å². The third kappa shape index (κ3) is 2.71. The number of carbonyl (C=O) groups excluding carboxylic acids is 3. The van der Waals surface area contributed by atoms with Crippen molar-refractivity contribution in [1.29, 1.82) is 0 Å². The molecule has 1 spiro atoms. The second kappa shape index (κ2) is 6.93. The highest BCUT2D eigenvalue weighted by atomic mass is 35.5. The van der Waals surface area contributed by atoms with E-state index in [0.717, 1.165) is 16.5 Å². The molecular weight excluding hydrogens is 452 g/mol. The Morgan fingerprint density at radius 3 is 2.59 bits per heavy atom. The molecule has 6 rings (SSSR count). The van der Waals surface area contributed by atoms with Crippen LogP contribution in [0.4, 0.5) is 5.69 Å². The van der Waals surface area contributed by atoms with Crippen LogP contribution in [0.2, 0.25) is 5.02 Å². The highest BCUT2D eigenvalue weighted by Crippen LogP contribution is 2.54. The van der Waals surface area contributed by atoms with E-state index in [-0.39, 0.29) is 17.7 Å². The van der Waals surface area contributed by atoms with E-state index < -0.39 is 29.0 Å². The Kier molecular flexibility index (Phi) is 4.36. The van der Waals surface area contributed by atoms with Gasteiger partial charge >= 0.3 is 0 Å². The minimum atomic E-state index is -1.35. The quantitative estimate of drug-likeness (QED) is 0.493. The highest BCUT2D eigenvalue weighted by molar-refractivity contribution is 6.31. The molecule has 0 aliphatic carbocycles. The molecule has 2 aromatic carbocycles. The van der Waals surface area contributed by atoms with E-state index in [1.165, 1.54) is 4.90 Å². The summed E-state index contributed by atoms with van der Waals surface area (Å²) >= 11 is 6.33. The second-order valence-electron chi connectivity index (χ2n) is 10.5. The van der Waals surface area contributed by atoms with Gasteiger partial charge in [0.25, 0.3) is 0 Å². The lowest BCUT2D eigenvalue weighted by molar-refractivity contribution is -0.147. The lowest BCUT2D eigenvalue weighted by Gasteiger charge is -2.34. The van der Waals surface area contributed by atoms with Gasteiger partial charge in [0.05, 0.1) is 11.8 Å². The van der Waals surface area contributed by atoms with Crippen molar-refractivity contribution >= 4 is 45.9 Å². The largest absolute Gasteiger partial charge is 0.361 e. The van der Waals surface area contributed by atoms with Crippen molar-refractivity contribution in [3.8, 4) is 0 Å². The Morgan fingerprint density at radius 1 is 1.06 bits per heavy atom. The van der Waals surface area contributed by atoms with Gasteiger partial charge in [-0.1, -0.05) is 29.8 Å². The van der Waals surface area contributed by atoms with Crippen molar-refractivity contribution in [2.45, 2.75) is 44.3 Å². The predicted octanol–water partition coefficient (Wildman–Crippen LogP) is 3.58. The maximum Gasteiger partial charge on any atom is 0.250 e. The molecule has 34 heavy (non-hydrogen) atoms. The Morgan fingerprint density at radius 2 is 1.82 bits per heavy atom. The first-order valence-electron chi connectivity index (χ1n) is 11.4. The van der Waals surface area contributed by atoms with E-state index in [0.29, 0.717) is 22.7 Å². The molecule has 3 aromatic rings. The average molecular weight is 477 g/mol. The van der Waals surface area contributed by atoms with E-state index >= 15 is 0 Å². The third-order valence-corrected chi connectivity index (χ3v) is 7.70. The molecule has 2 saturated heterocycles. The van der Waals surface area contributed by atoms with Gasteiger partial charge in [-0.25, -0.2) is 0 Å². The summed E-state index contributed by atoms with van der Waals surface area (Å²) in [7, 11) is 0. The fourth-order valence-corrected chi connectivity index (χ4v) is 6.32. The number of anilines is 1. The van der Waals surface area contributed by atoms with E-state index in [1.807, 2.05) is 51.2 Å². The number of aromatic amines is 1. The third-order valence-electron chi connectivity index (χ3n) is 7.46. The summed E-state index contributed by atoms with van der Waals surface area (Å²) in [6.07, 6.45) is 2.43. The van der Waals surface area contributed by atoms with Gasteiger partial charge < -0.3 is 10.3 Å². The standard InChI is InChI=1S/C26H25ClN4O3/c1-25(2,3)31-22(32)20-19(10-13-12-28-17-7-5-4-6-15(13)17)30-26(21(20)23(31)33)16-11-14(27)8-9-18(16)29-24(26)34/h4-9,11-12,19-21,28,30H,10H2,1-3H3,(H,29,34)/t19-,20-,21+,26+/m1/s1. The molecule has 4 heterocycles. The molecule has 7 nitrogen and oxygen atoms in total. The SMILES string of the molecule is CC(C)(C)N1C(=O)[C@H]2[C@@H](C1=O)[C@]1(N[C@@H]2Cc2c[nH]c3ccccc23)C(=O)Nc2ccc(Cl)cc21. The number of nitrogens with zero attached hydrogens (tertiary/aromatic N) is 1. The monoisotopic (exact) mass is 476 g/mol. The molecular formula is C26H25ClN4O3. The number of nitrogens with one attached hydrogen (secondary N) is 3. The summed E-state index contributed by atoms with van der Waals surface area (Å²) in [5.41, 5.74) is 1.22. The van der Waals surface area contributed by atoms with E-state index in [4.69, 9.17) is 11.6 Å². The van der Waals surface area contributed by atoms with Crippen molar-refractivity contribution in [3.05, 3.63) is 64.8 Å². The average Bonchev–Trinajstić information content (AvgIpc) is 3.47. The minimum absolute atomic E-state index is 0.236. The Hall–Kier alpha value is -3.16. The molecule has 0 saturated carbocycles. The van der Waals surface area contributed by atoms with E-state index in [2.05, 4.69) is 15.6 Å². The van der Waals surface area contributed by atoms with Crippen molar-refractivity contribution in [1.82, 2.24) is 15.2 Å². The smallest absolute Gasteiger partial charge is 0.250 e. The van der Waals surface area contributed by atoms with Crippen molar-refractivity contribution in [3.63, 3.8) is 0 Å². The number of H-pyrrole nitrogens is 1. The zero-order valence-electron chi connectivity index (χ0n) is 19.1. The van der Waals surface area contributed by atoms with Crippen molar-refractivity contribution < 1.29 is 14.4 Å². The summed E-state index contributed by atoms with van der Waals surface area (Å²) < 4.78 is 0. The number of hydrogen-bond acceptors (Lipinski definition) is 4. The van der Waals surface area contributed by atoms with Gasteiger partial charge in [0, 0.05) is 45.0 Å². The molecule has 3 N–H and O–H groups in total. The van der Waals surface area contributed by atoms with Crippen molar-refractivity contribution in [2.24, 2.45) is 11.8 Å². The number of aromatic nitrogens is 1. The summed E-state index contributed by atoms with van der Waals surface area (Å²) in [6.45, 7) is 5.54. The molecule has 3 amide bonds. The number of fused-ring (bicyclic) bond motifs is 5. The van der Waals surface area contributed by atoms with Crippen LogP contribution >= 0.6 is 11.6 Å². The number of hydrogen-bond donors (Lipinski definition) is 3. The number of para-hydroxylation sites is 1. The van der Waals surface area contributed by atoms with Crippen LogP contribution in [0, 0.1) is 11.8 Å². The first-order valence-corrected chi connectivity index (χ1v) is 11.8. The van der Waals surface area contributed by atoms with Crippen LogP contribution in [-0.2, 0) is 26.3 Å². The molecule has 2 fully saturated rings. The maximum absolute atomic E-state index is 13.9. The van der Waals surface area contributed by atoms with Crippen molar-refractivity contribution in [2.75, 3.05) is 5.32 Å². The van der Waals surface area contributed by atoms with Crippen LogP contribution < -0.4 is 10.6 Å². The Labute approximate surface area is 201 Å². The van der Waals surface area contributed by atoms with Gasteiger partial charge in [-0.15, -0.1) is 0 Å². The first-order chi connectivity index (χ1) is 16.1. The second-order valence-corrected chi connectivity index (χ2v) is 10.9. The zero-order chi connectivity index (χ0) is 24.0. The molecule has 4 atom stereocenters. The van der Waals surface area contributed by atoms with Crippen LogP contribution in [0.25, 0.3) is 10.9 Å². The molecule has 0 bridgehead atoms. The number of carbonyl (C=O) groups is 3. The number of imide groups is 1. The summed E-state index contributed by atoms with van der Waals surface area (Å²) in [5, 5.41) is 7.93. The zero-order valence-corrected chi connectivity index (χ0v) is 19.9. The molecule has 3 aliphatic rings. The fraction of sp³-hybridized carbons (Fsp3) is 0.346. The molecule has 8 heteroatoms. The van der Waals surface area contributed by atoms with Gasteiger partial charge in [-0.05, 0) is 57.0 Å². The van der Waals surface area contributed by atoms with Crippen LogP contribution in [0.1, 0.15) is 31.9 Å². The highest BCUT2D eigenvalue weighted by Gasteiger charge is 2.71. The van der Waals surface area contributed by atoms with Gasteiger partial charge in [0.15, 0.2) is 0 Å². The van der Waals surface area contributed by atoms with Crippen LogP contribution in [-0.4, -0.2) is 39.2 Å². The maximum atomic E-state index is 13.9. The van der Waals surface area contributed by atoms with E-state index in [1.54, 1.807) is 18.2 Å². The van der Waals surface area contributed by atoms with Crippen LogP contribution in [0.15, 0.2) is 48.7 Å². The number of benzene rings is 2. The summed E-state index contributed by atoms with van der Waals surface area (Å²) in [6, 6.07) is 12.7. The molecule has 174 valence electrons. The Balaban J connectivity index is 1.51. The molecule has 0 radical (unpaired) electrons. The van der Waals surface area contributed by atoms with Crippen LogP contribution in [0.5, 0.6) is 0 Å². The number of likely N-dealkylation sites (tertiary alicyclic amines) is 1. The lowest BCUT2D eigenvalue weighted by Crippen LogP contribution is -2.56. The topological polar surface area (TPSA) is 94.3 Å². The Bertz CT molecular complexity index is 1390. The molecule has 1 aromatic heterocycles. The van der Waals surface area contributed by atoms with Gasteiger partial charge in [0.2, 0.25) is 17.7 Å². The molecule has 0 unspecified atom stereocenters. The number of amides is 3. The fourth-order valence-electron chi connectivity index (χ4n) is 6.15. The number of halogens is 1. The first kappa shape index (κ1) is 21.4. The summed E-state index contributed by atoms with van der Waals surface area (Å²) in [5.74, 6) is -2.40. The summed E-state index contributed by atoms with van der Waals surface area (Å²) in [4.78, 5) is 45.8.